The molecular formula is C9H12ClF3N2O3S. The summed E-state index contributed by atoms with van der Waals surface area (Å²) >= 11 is 0. The highest BCUT2D eigenvalue weighted by atomic mass is 35.5. The van der Waals surface area contributed by atoms with Crippen LogP contribution in [0.1, 0.15) is 0 Å². The highest BCUT2D eigenvalue weighted by molar-refractivity contribution is 7.89. The van der Waals surface area contributed by atoms with Gasteiger partial charge in [-0.2, -0.15) is 8.78 Å². The maximum absolute atomic E-state index is 13.3. The molecule has 5 nitrogen and oxygen atoms in total. The van der Waals surface area contributed by atoms with Crippen LogP contribution in [0.5, 0.6) is 5.75 Å². The van der Waals surface area contributed by atoms with Crippen LogP contribution in [0.4, 0.5) is 13.2 Å². The second-order valence-corrected chi connectivity index (χ2v) is 4.92. The van der Waals surface area contributed by atoms with Crippen LogP contribution in [-0.4, -0.2) is 28.1 Å². The second-order valence-electron chi connectivity index (χ2n) is 3.16. The van der Waals surface area contributed by atoms with Crippen molar-refractivity contribution in [2.24, 2.45) is 5.73 Å². The molecule has 0 aliphatic heterocycles. The summed E-state index contributed by atoms with van der Waals surface area (Å²) in [6.07, 6.45) is 0. The summed E-state index contributed by atoms with van der Waals surface area (Å²) in [6, 6.07) is 2.37. The SMILES string of the molecule is Cl.NCCNS(=O)(=O)c1ccc(OC(F)F)c(F)c1. The van der Waals surface area contributed by atoms with E-state index in [1.807, 2.05) is 0 Å². The molecule has 0 aromatic heterocycles. The molecule has 3 N–H and O–H groups in total. The van der Waals surface area contributed by atoms with Gasteiger partial charge in [0.25, 0.3) is 0 Å². The van der Waals surface area contributed by atoms with Gasteiger partial charge in [0.1, 0.15) is 0 Å². The molecule has 0 saturated carbocycles. The molecule has 0 amide bonds. The summed E-state index contributed by atoms with van der Waals surface area (Å²) in [4.78, 5) is -0.393. The van der Waals surface area contributed by atoms with E-state index in [2.05, 4.69) is 9.46 Å². The quantitative estimate of drug-likeness (QED) is 0.822. The topological polar surface area (TPSA) is 81.4 Å². The van der Waals surface area contributed by atoms with E-state index in [1.165, 1.54) is 0 Å². The van der Waals surface area contributed by atoms with Gasteiger partial charge in [-0.25, -0.2) is 17.5 Å². The molecule has 110 valence electrons. The summed E-state index contributed by atoms with van der Waals surface area (Å²) in [6.45, 7) is -3.12. The fourth-order valence-corrected chi connectivity index (χ4v) is 2.18. The van der Waals surface area contributed by atoms with Crippen molar-refractivity contribution in [3.63, 3.8) is 0 Å². The van der Waals surface area contributed by atoms with Gasteiger partial charge >= 0.3 is 6.61 Å². The number of halogens is 4. The zero-order chi connectivity index (χ0) is 13.8. The summed E-state index contributed by atoms with van der Waals surface area (Å²) in [7, 11) is -3.90. The Morgan fingerprint density at radius 3 is 2.47 bits per heavy atom. The number of benzene rings is 1. The Kier molecular flexibility index (Phi) is 7.12. The zero-order valence-corrected chi connectivity index (χ0v) is 11.1. The number of alkyl halides is 2. The number of hydrogen-bond acceptors (Lipinski definition) is 4. The fraction of sp³-hybridized carbons (Fsp3) is 0.333. The molecule has 10 heteroatoms. The van der Waals surface area contributed by atoms with Crippen molar-refractivity contribution in [1.82, 2.24) is 4.72 Å². The van der Waals surface area contributed by atoms with Gasteiger partial charge in [-0.15, -0.1) is 12.4 Å². The number of rotatable bonds is 6. The van der Waals surface area contributed by atoms with Crippen LogP contribution in [0.2, 0.25) is 0 Å². The van der Waals surface area contributed by atoms with Gasteiger partial charge in [0.05, 0.1) is 4.90 Å². The Morgan fingerprint density at radius 1 is 1.37 bits per heavy atom. The Morgan fingerprint density at radius 2 is 2.00 bits per heavy atom. The van der Waals surface area contributed by atoms with E-state index < -0.39 is 33.1 Å². The molecule has 0 atom stereocenters. The zero-order valence-electron chi connectivity index (χ0n) is 9.48. The molecule has 0 aliphatic carbocycles. The third-order valence-corrected chi connectivity index (χ3v) is 3.32. The summed E-state index contributed by atoms with van der Waals surface area (Å²) in [5.41, 5.74) is 5.12. The molecule has 0 aliphatic rings. The fourth-order valence-electron chi connectivity index (χ4n) is 1.12. The maximum Gasteiger partial charge on any atom is 0.387 e. The average molecular weight is 321 g/mol. The molecule has 19 heavy (non-hydrogen) atoms. The van der Waals surface area contributed by atoms with Crippen LogP contribution in [-0.2, 0) is 10.0 Å². The number of nitrogens with one attached hydrogen (secondary N) is 1. The normalized spacial score (nSPS) is 11.2. The number of ether oxygens (including phenoxy) is 1. The Balaban J connectivity index is 0.00000324. The summed E-state index contributed by atoms with van der Waals surface area (Å²) in [5.74, 6) is -1.91. The highest BCUT2D eigenvalue weighted by Crippen LogP contribution is 2.22. The predicted octanol–water partition coefficient (Wildman–Crippen LogP) is 1.09. The standard InChI is InChI=1S/C9H11F3N2O3S.ClH/c10-7-5-6(18(15,16)14-4-3-13)1-2-8(7)17-9(11)12;/h1-2,5,9,14H,3-4,13H2;1H. The van der Waals surface area contributed by atoms with E-state index >= 15 is 0 Å². The first-order valence-electron chi connectivity index (χ1n) is 4.81. The van der Waals surface area contributed by atoms with E-state index in [1.54, 1.807) is 0 Å². The molecule has 0 spiro atoms. The number of hydrogen-bond donors (Lipinski definition) is 2. The highest BCUT2D eigenvalue weighted by Gasteiger charge is 2.17. The van der Waals surface area contributed by atoms with Gasteiger partial charge in [-0.05, 0) is 18.2 Å². The molecule has 1 aromatic carbocycles. The first-order chi connectivity index (χ1) is 8.36. The Bertz CT molecular complexity index is 513. The van der Waals surface area contributed by atoms with Crippen LogP contribution in [0.3, 0.4) is 0 Å². The van der Waals surface area contributed by atoms with Crippen molar-refractivity contribution >= 4 is 22.4 Å². The van der Waals surface area contributed by atoms with Crippen molar-refractivity contribution in [2.75, 3.05) is 13.1 Å². The molecule has 0 bridgehead atoms. The first-order valence-corrected chi connectivity index (χ1v) is 6.29. The minimum Gasteiger partial charge on any atom is -0.432 e. The van der Waals surface area contributed by atoms with Crippen LogP contribution < -0.4 is 15.2 Å². The largest absolute Gasteiger partial charge is 0.432 e. The van der Waals surface area contributed by atoms with Crippen LogP contribution >= 0.6 is 12.4 Å². The van der Waals surface area contributed by atoms with E-state index in [0.717, 1.165) is 12.1 Å². The molecule has 0 saturated heterocycles. The summed E-state index contributed by atoms with van der Waals surface area (Å²) < 4.78 is 66.1. The van der Waals surface area contributed by atoms with Gasteiger partial charge in [0.2, 0.25) is 10.0 Å². The third-order valence-electron chi connectivity index (χ3n) is 1.87. The maximum atomic E-state index is 13.3. The van der Waals surface area contributed by atoms with E-state index in [-0.39, 0.29) is 25.5 Å². The molecular weight excluding hydrogens is 309 g/mol. The van der Waals surface area contributed by atoms with E-state index in [9.17, 15) is 21.6 Å². The van der Waals surface area contributed by atoms with Crippen LogP contribution in [0.25, 0.3) is 0 Å². The van der Waals surface area contributed by atoms with Crippen LogP contribution in [0.15, 0.2) is 23.1 Å². The first kappa shape index (κ1) is 18.0. The van der Waals surface area contributed by atoms with Crippen LogP contribution in [0, 0.1) is 5.82 Å². The molecule has 0 unspecified atom stereocenters. The van der Waals surface area contributed by atoms with Crippen molar-refractivity contribution in [1.29, 1.82) is 0 Å². The Hall–Kier alpha value is -1.03. The van der Waals surface area contributed by atoms with E-state index in [4.69, 9.17) is 5.73 Å². The van der Waals surface area contributed by atoms with Gasteiger partial charge in [-0.1, -0.05) is 0 Å². The molecule has 0 heterocycles. The van der Waals surface area contributed by atoms with Crippen molar-refractivity contribution in [3.05, 3.63) is 24.0 Å². The lowest BCUT2D eigenvalue weighted by Crippen LogP contribution is -2.29. The van der Waals surface area contributed by atoms with Gasteiger partial charge in [0.15, 0.2) is 11.6 Å². The molecule has 0 radical (unpaired) electrons. The van der Waals surface area contributed by atoms with Gasteiger partial charge < -0.3 is 10.5 Å². The minimum atomic E-state index is -3.90. The van der Waals surface area contributed by atoms with Crippen molar-refractivity contribution in [2.45, 2.75) is 11.5 Å². The van der Waals surface area contributed by atoms with Gasteiger partial charge in [0, 0.05) is 13.1 Å². The summed E-state index contributed by atoms with van der Waals surface area (Å²) in [5, 5.41) is 0. The van der Waals surface area contributed by atoms with Crippen molar-refractivity contribution < 1.29 is 26.3 Å². The lowest BCUT2D eigenvalue weighted by atomic mass is 10.3. The number of sulfonamides is 1. The molecule has 1 aromatic rings. The Labute approximate surface area is 114 Å². The average Bonchev–Trinajstić information content (AvgIpc) is 2.28. The minimum absolute atomic E-state index is 0. The number of nitrogens with two attached hydrogens (primary N) is 1. The molecule has 1 rings (SSSR count). The lowest BCUT2D eigenvalue weighted by Gasteiger charge is -2.08. The van der Waals surface area contributed by atoms with E-state index in [0.29, 0.717) is 6.07 Å². The van der Waals surface area contributed by atoms with Crippen molar-refractivity contribution in [3.8, 4) is 5.75 Å². The second kappa shape index (κ2) is 7.53. The predicted molar refractivity (Wildman–Crippen MR) is 64.5 cm³/mol. The third kappa shape index (κ3) is 5.23. The smallest absolute Gasteiger partial charge is 0.387 e. The monoisotopic (exact) mass is 320 g/mol. The lowest BCUT2D eigenvalue weighted by molar-refractivity contribution is -0.0522. The van der Waals surface area contributed by atoms with Gasteiger partial charge in [-0.3, -0.25) is 0 Å². The molecule has 0 fully saturated rings.